The van der Waals surface area contributed by atoms with Gasteiger partial charge in [-0.1, -0.05) is 0 Å². The number of halogens is 2. The zero-order chi connectivity index (χ0) is 8.32. The molecular formula is C7H13F2NO. The van der Waals surface area contributed by atoms with Crippen molar-refractivity contribution in [2.75, 3.05) is 13.2 Å². The lowest BCUT2D eigenvalue weighted by Crippen LogP contribution is -2.41. The van der Waals surface area contributed by atoms with Crippen LogP contribution in [0.2, 0.25) is 0 Å². The average Bonchev–Trinajstić information content (AvgIpc) is 1.84. The first-order valence-electron chi connectivity index (χ1n) is 3.83. The van der Waals surface area contributed by atoms with E-state index >= 15 is 0 Å². The molecule has 0 radical (unpaired) electrons. The lowest BCUT2D eigenvalue weighted by atomic mass is 9.91. The lowest BCUT2D eigenvalue weighted by molar-refractivity contribution is -0.165. The molecular weight excluding hydrogens is 152 g/mol. The van der Waals surface area contributed by atoms with E-state index in [4.69, 9.17) is 10.5 Å². The van der Waals surface area contributed by atoms with Crippen LogP contribution in [-0.2, 0) is 4.74 Å². The van der Waals surface area contributed by atoms with Crippen LogP contribution >= 0.6 is 0 Å². The van der Waals surface area contributed by atoms with Gasteiger partial charge in [0.25, 0.3) is 5.92 Å². The predicted molar refractivity (Wildman–Crippen MR) is 37.6 cm³/mol. The lowest BCUT2D eigenvalue weighted by Gasteiger charge is -2.34. The Morgan fingerprint density at radius 3 is 2.55 bits per heavy atom. The van der Waals surface area contributed by atoms with Crippen LogP contribution in [-0.4, -0.2) is 25.2 Å². The molecule has 0 aromatic carbocycles. The van der Waals surface area contributed by atoms with Crippen LogP contribution in [0.25, 0.3) is 0 Å². The molecule has 0 saturated heterocycles. The molecule has 1 aliphatic carbocycles. The first-order valence-corrected chi connectivity index (χ1v) is 3.83. The molecule has 0 spiro atoms. The fourth-order valence-electron chi connectivity index (χ4n) is 1.06. The Kier molecular flexibility index (Phi) is 2.78. The Balaban J connectivity index is 1.96. The topological polar surface area (TPSA) is 35.2 Å². The highest BCUT2D eigenvalue weighted by Gasteiger charge is 2.45. The molecule has 0 aromatic heterocycles. The summed E-state index contributed by atoms with van der Waals surface area (Å²) >= 11 is 0. The van der Waals surface area contributed by atoms with Crippen LogP contribution in [0.3, 0.4) is 0 Å². The van der Waals surface area contributed by atoms with Crippen LogP contribution in [0.1, 0.15) is 19.3 Å². The summed E-state index contributed by atoms with van der Waals surface area (Å²) in [7, 11) is 0. The van der Waals surface area contributed by atoms with Gasteiger partial charge < -0.3 is 10.5 Å². The number of nitrogens with two attached hydrogens (primary N) is 1. The van der Waals surface area contributed by atoms with Crippen molar-refractivity contribution in [2.24, 2.45) is 5.73 Å². The van der Waals surface area contributed by atoms with Gasteiger partial charge in [0.1, 0.15) is 0 Å². The fourth-order valence-corrected chi connectivity index (χ4v) is 1.06. The van der Waals surface area contributed by atoms with Gasteiger partial charge in [0, 0.05) is 19.4 Å². The molecule has 0 bridgehead atoms. The summed E-state index contributed by atoms with van der Waals surface area (Å²) in [5, 5.41) is 0. The molecule has 0 heterocycles. The van der Waals surface area contributed by atoms with Crippen molar-refractivity contribution in [3.8, 4) is 0 Å². The Labute approximate surface area is 64.7 Å². The molecule has 2 nitrogen and oxygen atoms in total. The summed E-state index contributed by atoms with van der Waals surface area (Å²) in [5.74, 6) is -2.46. The third-order valence-electron chi connectivity index (χ3n) is 1.75. The van der Waals surface area contributed by atoms with E-state index in [1.807, 2.05) is 0 Å². The summed E-state index contributed by atoms with van der Waals surface area (Å²) in [6.07, 6.45) is 0.300. The summed E-state index contributed by atoms with van der Waals surface area (Å²) < 4.78 is 29.5. The number of ether oxygens (including phenoxy) is 1. The van der Waals surface area contributed by atoms with Gasteiger partial charge in [0.15, 0.2) is 0 Å². The Hall–Kier alpha value is -0.220. The normalized spacial score (nSPS) is 23.2. The second-order valence-corrected chi connectivity index (χ2v) is 2.90. The van der Waals surface area contributed by atoms with E-state index in [9.17, 15) is 8.78 Å². The van der Waals surface area contributed by atoms with Crippen LogP contribution in [0.15, 0.2) is 0 Å². The maximum Gasteiger partial charge on any atom is 0.253 e. The summed E-state index contributed by atoms with van der Waals surface area (Å²) in [5.41, 5.74) is 5.20. The van der Waals surface area contributed by atoms with Crippen molar-refractivity contribution in [3.63, 3.8) is 0 Å². The minimum absolute atomic E-state index is 0.114. The molecule has 0 aromatic rings. The first-order chi connectivity index (χ1) is 5.14. The van der Waals surface area contributed by atoms with Crippen molar-refractivity contribution in [1.82, 2.24) is 0 Å². The SMILES string of the molecule is NCCCOC1CC(F)(F)C1. The maximum atomic E-state index is 12.2. The Morgan fingerprint density at radius 1 is 1.45 bits per heavy atom. The molecule has 66 valence electrons. The molecule has 0 aliphatic heterocycles. The van der Waals surface area contributed by atoms with E-state index in [1.54, 1.807) is 0 Å². The van der Waals surface area contributed by atoms with Crippen LogP contribution < -0.4 is 5.73 Å². The predicted octanol–water partition coefficient (Wildman–Crippen LogP) is 1.15. The summed E-state index contributed by atoms with van der Waals surface area (Å²) in [6.45, 7) is 1.07. The van der Waals surface area contributed by atoms with Gasteiger partial charge in [0.05, 0.1) is 6.10 Å². The number of rotatable bonds is 4. The van der Waals surface area contributed by atoms with E-state index in [2.05, 4.69) is 0 Å². The third kappa shape index (κ3) is 2.71. The maximum absolute atomic E-state index is 12.2. The number of alkyl halides is 2. The first kappa shape index (κ1) is 8.87. The zero-order valence-corrected chi connectivity index (χ0v) is 6.35. The second kappa shape index (κ2) is 3.45. The van der Waals surface area contributed by atoms with Gasteiger partial charge in [0.2, 0.25) is 0 Å². The number of hydrogen-bond acceptors (Lipinski definition) is 2. The van der Waals surface area contributed by atoms with Crippen molar-refractivity contribution in [3.05, 3.63) is 0 Å². The molecule has 4 heteroatoms. The van der Waals surface area contributed by atoms with Gasteiger partial charge in [-0.25, -0.2) is 8.78 Å². The molecule has 0 unspecified atom stereocenters. The van der Waals surface area contributed by atoms with E-state index in [0.29, 0.717) is 13.2 Å². The van der Waals surface area contributed by atoms with Crippen LogP contribution in [0.4, 0.5) is 8.78 Å². The van der Waals surface area contributed by atoms with Crippen molar-refractivity contribution < 1.29 is 13.5 Å². The average molecular weight is 165 g/mol. The molecule has 0 atom stereocenters. The van der Waals surface area contributed by atoms with Gasteiger partial charge in [-0.2, -0.15) is 0 Å². The van der Waals surface area contributed by atoms with E-state index in [0.717, 1.165) is 6.42 Å². The Bertz CT molecular complexity index is 122. The highest BCUT2D eigenvalue weighted by Crippen LogP contribution is 2.39. The standard InChI is InChI=1S/C7H13F2NO/c8-7(9)4-6(5-7)11-3-1-2-10/h6H,1-5,10H2. The smallest absolute Gasteiger partial charge is 0.253 e. The highest BCUT2D eigenvalue weighted by molar-refractivity contribution is 4.86. The van der Waals surface area contributed by atoms with Crippen molar-refractivity contribution >= 4 is 0 Å². The van der Waals surface area contributed by atoms with Crippen molar-refractivity contribution in [2.45, 2.75) is 31.3 Å². The third-order valence-corrected chi connectivity index (χ3v) is 1.75. The minimum atomic E-state index is -2.46. The molecule has 1 rings (SSSR count). The van der Waals surface area contributed by atoms with E-state index in [-0.39, 0.29) is 18.9 Å². The van der Waals surface area contributed by atoms with Gasteiger partial charge in [-0.3, -0.25) is 0 Å². The minimum Gasteiger partial charge on any atom is -0.378 e. The van der Waals surface area contributed by atoms with Crippen molar-refractivity contribution in [1.29, 1.82) is 0 Å². The fraction of sp³-hybridized carbons (Fsp3) is 1.00. The molecule has 0 amide bonds. The summed E-state index contributed by atoms with van der Waals surface area (Å²) in [6, 6.07) is 0. The van der Waals surface area contributed by atoms with Crippen LogP contribution in [0.5, 0.6) is 0 Å². The zero-order valence-electron chi connectivity index (χ0n) is 6.35. The molecule has 2 N–H and O–H groups in total. The van der Waals surface area contributed by atoms with E-state index in [1.165, 1.54) is 0 Å². The molecule has 11 heavy (non-hydrogen) atoms. The molecule has 1 aliphatic rings. The summed E-state index contributed by atoms with van der Waals surface area (Å²) in [4.78, 5) is 0. The molecule has 1 saturated carbocycles. The Morgan fingerprint density at radius 2 is 2.09 bits per heavy atom. The largest absolute Gasteiger partial charge is 0.378 e. The quantitative estimate of drug-likeness (QED) is 0.634. The van der Waals surface area contributed by atoms with E-state index < -0.39 is 5.92 Å². The van der Waals surface area contributed by atoms with Gasteiger partial charge in [-0.15, -0.1) is 0 Å². The monoisotopic (exact) mass is 165 g/mol. The van der Waals surface area contributed by atoms with Crippen LogP contribution in [0, 0.1) is 0 Å². The second-order valence-electron chi connectivity index (χ2n) is 2.90. The molecule has 1 fully saturated rings. The van der Waals surface area contributed by atoms with Gasteiger partial charge >= 0.3 is 0 Å². The van der Waals surface area contributed by atoms with Gasteiger partial charge in [-0.05, 0) is 13.0 Å². The highest BCUT2D eigenvalue weighted by atomic mass is 19.3. The number of hydrogen-bond donors (Lipinski definition) is 1.